The largest absolute Gasteiger partial charge is 0.336 e. The maximum Gasteiger partial charge on any atom is 0.254 e. The van der Waals surface area contributed by atoms with Gasteiger partial charge >= 0.3 is 0 Å². The van der Waals surface area contributed by atoms with Crippen molar-refractivity contribution in [3.05, 3.63) is 64.7 Å². The van der Waals surface area contributed by atoms with Crippen molar-refractivity contribution in [1.29, 1.82) is 0 Å². The number of carbonyl (C=O) groups is 2. The number of piperazine rings is 1. The van der Waals surface area contributed by atoms with E-state index in [2.05, 4.69) is 10.2 Å². The minimum absolute atomic E-state index is 0.00184. The second-order valence-corrected chi connectivity index (χ2v) is 8.91. The van der Waals surface area contributed by atoms with Crippen LogP contribution in [0.5, 0.6) is 0 Å². The third kappa shape index (κ3) is 5.27. The Bertz CT molecular complexity index is 969. The highest BCUT2D eigenvalue weighted by molar-refractivity contribution is 6.30. The molecule has 8 heteroatoms. The van der Waals surface area contributed by atoms with Crippen molar-refractivity contribution >= 4 is 29.1 Å². The van der Waals surface area contributed by atoms with E-state index >= 15 is 0 Å². The van der Waals surface area contributed by atoms with E-state index < -0.39 is 17.5 Å². The summed E-state index contributed by atoms with van der Waals surface area (Å²) in [5, 5.41) is 3.56. The van der Waals surface area contributed by atoms with Crippen LogP contribution in [-0.2, 0) is 4.79 Å². The highest BCUT2D eigenvalue weighted by Crippen LogP contribution is 2.32. The molecule has 2 aromatic carbocycles. The molecule has 32 heavy (non-hydrogen) atoms. The molecule has 1 N–H and O–H groups in total. The number of hydrogen-bond donors (Lipinski definition) is 1. The van der Waals surface area contributed by atoms with E-state index in [0.717, 1.165) is 43.9 Å². The Morgan fingerprint density at radius 2 is 1.62 bits per heavy atom. The quantitative estimate of drug-likeness (QED) is 0.709. The number of anilines is 1. The van der Waals surface area contributed by atoms with Gasteiger partial charge in [-0.3, -0.25) is 14.5 Å². The Morgan fingerprint density at radius 1 is 0.969 bits per heavy atom. The topological polar surface area (TPSA) is 52.7 Å². The molecule has 2 aliphatic rings. The van der Waals surface area contributed by atoms with Gasteiger partial charge in [0.15, 0.2) is 0 Å². The zero-order chi connectivity index (χ0) is 22.7. The Morgan fingerprint density at radius 3 is 2.25 bits per heavy atom. The molecule has 0 radical (unpaired) electrons. The van der Waals surface area contributed by atoms with Crippen LogP contribution in [0.1, 0.15) is 36.0 Å². The van der Waals surface area contributed by atoms with Crippen molar-refractivity contribution in [3.8, 4) is 0 Å². The minimum atomic E-state index is -0.772. The van der Waals surface area contributed by atoms with Crippen LogP contribution in [0.25, 0.3) is 0 Å². The van der Waals surface area contributed by atoms with E-state index in [0.29, 0.717) is 36.9 Å². The predicted octanol–water partition coefficient (Wildman–Crippen LogP) is 4.57. The number of amides is 2. The van der Waals surface area contributed by atoms with Gasteiger partial charge in [-0.05, 0) is 49.1 Å². The summed E-state index contributed by atoms with van der Waals surface area (Å²) < 4.78 is 27.0. The lowest BCUT2D eigenvalue weighted by Gasteiger charge is -2.40. The number of nitrogens with one attached hydrogen (secondary N) is 1. The van der Waals surface area contributed by atoms with E-state index in [1.54, 1.807) is 23.1 Å². The van der Waals surface area contributed by atoms with Crippen LogP contribution in [0, 0.1) is 17.6 Å². The highest BCUT2D eigenvalue weighted by Gasteiger charge is 2.37. The van der Waals surface area contributed by atoms with Gasteiger partial charge < -0.3 is 10.2 Å². The van der Waals surface area contributed by atoms with Gasteiger partial charge in [-0.1, -0.05) is 30.5 Å². The molecule has 1 aliphatic heterocycles. The number of rotatable bonds is 5. The van der Waals surface area contributed by atoms with Crippen molar-refractivity contribution in [2.24, 2.45) is 5.92 Å². The van der Waals surface area contributed by atoms with Gasteiger partial charge in [-0.2, -0.15) is 0 Å². The minimum Gasteiger partial charge on any atom is -0.336 e. The summed E-state index contributed by atoms with van der Waals surface area (Å²) in [6.45, 7) is 1.83. The highest BCUT2D eigenvalue weighted by atomic mass is 35.5. The number of carbonyl (C=O) groups excluding carboxylic acids is 2. The van der Waals surface area contributed by atoms with Gasteiger partial charge in [0.05, 0.1) is 6.04 Å². The lowest BCUT2D eigenvalue weighted by atomic mass is 9.94. The van der Waals surface area contributed by atoms with E-state index in [4.69, 9.17) is 11.6 Å². The monoisotopic (exact) mass is 461 g/mol. The summed E-state index contributed by atoms with van der Waals surface area (Å²) in [6, 6.07) is 9.65. The van der Waals surface area contributed by atoms with E-state index in [1.807, 2.05) is 6.07 Å². The van der Waals surface area contributed by atoms with Gasteiger partial charge in [-0.25, -0.2) is 8.78 Å². The molecule has 1 saturated carbocycles. The molecule has 1 heterocycles. The third-order valence-electron chi connectivity index (χ3n) is 6.31. The molecule has 2 amide bonds. The van der Waals surface area contributed by atoms with Gasteiger partial charge in [0.1, 0.15) is 11.6 Å². The summed E-state index contributed by atoms with van der Waals surface area (Å²) in [4.78, 5) is 29.7. The number of hydrogen-bond acceptors (Lipinski definition) is 3. The standard InChI is InChI=1S/C24H26ClF2N3O2/c25-18-6-3-7-21(14-18)28-23(31)22(16-4-1-2-5-16)29-8-10-30(11-9-29)24(32)17-12-19(26)15-20(27)13-17/h3,6-7,12-16,22H,1-2,4-5,8-11H2,(H,28,31)/t22-/m0/s1. The summed E-state index contributed by atoms with van der Waals surface area (Å²) in [5.74, 6) is -1.75. The van der Waals surface area contributed by atoms with E-state index in [-0.39, 0.29) is 23.4 Å². The molecule has 0 aromatic heterocycles. The maximum absolute atomic E-state index is 13.5. The Balaban J connectivity index is 1.44. The lowest BCUT2D eigenvalue weighted by Crippen LogP contribution is -2.56. The Kier molecular flexibility index (Phi) is 7.06. The molecule has 1 atom stereocenters. The Hall–Kier alpha value is -2.51. The first-order valence-electron chi connectivity index (χ1n) is 11.0. The third-order valence-corrected chi connectivity index (χ3v) is 6.55. The molecule has 0 unspecified atom stereocenters. The smallest absolute Gasteiger partial charge is 0.254 e. The van der Waals surface area contributed by atoms with Crippen LogP contribution in [-0.4, -0.2) is 53.8 Å². The first kappa shape index (κ1) is 22.7. The van der Waals surface area contributed by atoms with Crippen molar-refractivity contribution in [2.75, 3.05) is 31.5 Å². The van der Waals surface area contributed by atoms with Crippen LogP contribution in [0.4, 0.5) is 14.5 Å². The fourth-order valence-corrected chi connectivity index (χ4v) is 4.99. The lowest BCUT2D eigenvalue weighted by molar-refractivity contribution is -0.123. The molecular weight excluding hydrogens is 436 g/mol. The molecule has 5 nitrogen and oxygen atoms in total. The number of nitrogens with zero attached hydrogens (tertiary/aromatic N) is 2. The molecule has 0 spiro atoms. The summed E-state index contributed by atoms with van der Waals surface area (Å²) in [6.07, 6.45) is 4.20. The second-order valence-electron chi connectivity index (χ2n) is 8.48. The molecule has 1 saturated heterocycles. The van der Waals surface area contributed by atoms with Crippen molar-refractivity contribution in [1.82, 2.24) is 9.80 Å². The van der Waals surface area contributed by atoms with Crippen LogP contribution < -0.4 is 5.32 Å². The van der Waals surface area contributed by atoms with Crippen LogP contribution in [0.3, 0.4) is 0 Å². The summed E-state index contributed by atoms with van der Waals surface area (Å²) in [7, 11) is 0. The van der Waals surface area contributed by atoms with Gasteiger partial charge in [0.2, 0.25) is 5.91 Å². The molecule has 4 rings (SSSR count). The number of benzene rings is 2. The zero-order valence-corrected chi connectivity index (χ0v) is 18.5. The predicted molar refractivity (Wildman–Crippen MR) is 120 cm³/mol. The van der Waals surface area contributed by atoms with Crippen LogP contribution >= 0.6 is 11.6 Å². The molecule has 1 aliphatic carbocycles. The Labute approximate surface area is 191 Å². The zero-order valence-electron chi connectivity index (χ0n) is 17.7. The van der Waals surface area contributed by atoms with Crippen molar-refractivity contribution in [2.45, 2.75) is 31.7 Å². The normalized spacial score (nSPS) is 18.5. The fraction of sp³-hybridized carbons (Fsp3) is 0.417. The average Bonchev–Trinajstić information content (AvgIpc) is 3.27. The van der Waals surface area contributed by atoms with Gasteiger partial charge in [-0.15, -0.1) is 0 Å². The van der Waals surface area contributed by atoms with Gasteiger partial charge in [0, 0.05) is 48.5 Å². The molecule has 0 bridgehead atoms. The molecule has 2 fully saturated rings. The average molecular weight is 462 g/mol. The second kappa shape index (κ2) is 9.96. The fourth-order valence-electron chi connectivity index (χ4n) is 4.80. The summed E-state index contributed by atoms with van der Waals surface area (Å²) >= 11 is 6.05. The first-order chi connectivity index (χ1) is 15.4. The summed E-state index contributed by atoms with van der Waals surface area (Å²) in [5.41, 5.74) is 0.662. The van der Waals surface area contributed by atoms with Crippen LogP contribution in [0.2, 0.25) is 5.02 Å². The van der Waals surface area contributed by atoms with Crippen molar-refractivity contribution in [3.63, 3.8) is 0 Å². The first-order valence-corrected chi connectivity index (χ1v) is 11.3. The van der Waals surface area contributed by atoms with E-state index in [1.165, 1.54) is 0 Å². The molecule has 170 valence electrons. The SMILES string of the molecule is O=C(Nc1cccc(Cl)c1)[C@H](C1CCCC1)N1CCN(C(=O)c2cc(F)cc(F)c2)CC1. The number of halogens is 3. The van der Waals surface area contributed by atoms with E-state index in [9.17, 15) is 18.4 Å². The van der Waals surface area contributed by atoms with Crippen molar-refractivity contribution < 1.29 is 18.4 Å². The maximum atomic E-state index is 13.5. The molecule has 2 aromatic rings. The molecular formula is C24H26ClF2N3O2. The van der Waals surface area contributed by atoms with Crippen LogP contribution in [0.15, 0.2) is 42.5 Å². The van der Waals surface area contributed by atoms with Gasteiger partial charge in [0.25, 0.3) is 5.91 Å².